The SMILES string of the molecule is CCNC(=NCc1ccc(S(C)(=O)=O)c(C)c1)NCc1ccnn1C.I. The van der Waals surface area contributed by atoms with E-state index in [1.807, 2.05) is 30.8 Å². The van der Waals surface area contributed by atoms with Gasteiger partial charge in [0.1, 0.15) is 0 Å². The van der Waals surface area contributed by atoms with Crippen LogP contribution in [0.2, 0.25) is 0 Å². The first-order chi connectivity index (χ1) is 11.8. The molecular formula is C17H26IN5O2S. The van der Waals surface area contributed by atoms with Crippen molar-refractivity contribution in [2.75, 3.05) is 12.8 Å². The number of nitrogens with zero attached hydrogens (tertiary/aromatic N) is 3. The van der Waals surface area contributed by atoms with Crippen LogP contribution in [0.25, 0.3) is 0 Å². The maximum Gasteiger partial charge on any atom is 0.191 e. The van der Waals surface area contributed by atoms with Crippen molar-refractivity contribution in [3.8, 4) is 0 Å². The number of sulfone groups is 1. The van der Waals surface area contributed by atoms with Gasteiger partial charge < -0.3 is 10.6 Å². The number of aryl methyl sites for hydroxylation is 2. The smallest absolute Gasteiger partial charge is 0.191 e. The van der Waals surface area contributed by atoms with Gasteiger partial charge in [0.2, 0.25) is 0 Å². The molecule has 0 saturated heterocycles. The molecule has 7 nitrogen and oxygen atoms in total. The summed E-state index contributed by atoms with van der Waals surface area (Å²) >= 11 is 0. The Bertz CT molecular complexity index is 862. The summed E-state index contributed by atoms with van der Waals surface area (Å²) in [5.41, 5.74) is 2.75. The fourth-order valence-corrected chi connectivity index (χ4v) is 3.45. The summed E-state index contributed by atoms with van der Waals surface area (Å²) < 4.78 is 25.2. The zero-order chi connectivity index (χ0) is 18.4. The Hall–Kier alpha value is -1.62. The van der Waals surface area contributed by atoms with E-state index in [0.717, 1.165) is 23.4 Å². The summed E-state index contributed by atoms with van der Waals surface area (Å²) in [5, 5.41) is 10.6. The molecule has 0 atom stereocenters. The highest BCUT2D eigenvalue weighted by Crippen LogP contribution is 2.17. The maximum absolute atomic E-state index is 11.7. The van der Waals surface area contributed by atoms with Gasteiger partial charge in [-0.15, -0.1) is 24.0 Å². The van der Waals surface area contributed by atoms with E-state index < -0.39 is 9.84 Å². The molecule has 0 aliphatic carbocycles. The molecule has 0 unspecified atom stereocenters. The van der Waals surface area contributed by atoms with Gasteiger partial charge in [0.25, 0.3) is 0 Å². The lowest BCUT2D eigenvalue weighted by Gasteiger charge is -2.12. The first-order valence-electron chi connectivity index (χ1n) is 8.10. The Morgan fingerprint density at radius 2 is 2.00 bits per heavy atom. The van der Waals surface area contributed by atoms with Crippen molar-refractivity contribution in [2.45, 2.75) is 31.8 Å². The molecule has 9 heteroatoms. The summed E-state index contributed by atoms with van der Waals surface area (Å²) in [6, 6.07) is 7.26. The Balaban J connectivity index is 0.00000338. The summed E-state index contributed by atoms with van der Waals surface area (Å²) in [7, 11) is -1.30. The van der Waals surface area contributed by atoms with E-state index in [4.69, 9.17) is 0 Å². The molecule has 1 aromatic heterocycles. The number of guanidine groups is 1. The Morgan fingerprint density at radius 1 is 1.27 bits per heavy atom. The first kappa shape index (κ1) is 22.4. The van der Waals surface area contributed by atoms with Gasteiger partial charge in [-0.1, -0.05) is 12.1 Å². The number of nitrogens with one attached hydrogen (secondary N) is 2. The van der Waals surface area contributed by atoms with E-state index in [-0.39, 0.29) is 24.0 Å². The second-order valence-electron chi connectivity index (χ2n) is 5.87. The Morgan fingerprint density at radius 3 is 2.54 bits per heavy atom. The van der Waals surface area contributed by atoms with Crippen LogP contribution in [0.5, 0.6) is 0 Å². The van der Waals surface area contributed by atoms with E-state index >= 15 is 0 Å². The van der Waals surface area contributed by atoms with Crippen molar-refractivity contribution in [2.24, 2.45) is 12.0 Å². The van der Waals surface area contributed by atoms with Gasteiger partial charge in [0, 0.05) is 26.0 Å². The fourth-order valence-electron chi connectivity index (χ4n) is 2.49. The molecule has 0 aliphatic heterocycles. The number of hydrogen-bond donors (Lipinski definition) is 2. The van der Waals surface area contributed by atoms with E-state index in [2.05, 4.69) is 20.7 Å². The molecule has 26 heavy (non-hydrogen) atoms. The average Bonchev–Trinajstić information content (AvgIpc) is 2.94. The van der Waals surface area contributed by atoms with E-state index in [9.17, 15) is 8.42 Å². The van der Waals surface area contributed by atoms with E-state index in [0.29, 0.717) is 23.9 Å². The monoisotopic (exact) mass is 491 g/mol. The van der Waals surface area contributed by atoms with Crippen molar-refractivity contribution in [1.82, 2.24) is 20.4 Å². The first-order valence-corrected chi connectivity index (χ1v) is 9.99. The van der Waals surface area contributed by atoms with Crippen molar-refractivity contribution >= 4 is 39.8 Å². The number of benzene rings is 1. The van der Waals surface area contributed by atoms with Crippen LogP contribution in [-0.4, -0.2) is 37.0 Å². The average molecular weight is 491 g/mol. The van der Waals surface area contributed by atoms with Crippen LogP contribution in [0.1, 0.15) is 23.7 Å². The normalized spacial score (nSPS) is 11.8. The van der Waals surface area contributed by atoms with Gasteiger partial charge in [-0.3, -0.25) is 4.68 Å². The highest BCUT2D eigenvalue weighted by atomic mass is 127. The molecule has 0 radical (unpaired) electrons. The summed E-state index contributed by atoms with van der Waals surface area (Å²) in [4.78, 5) is 4.92. The number of halogens is 1. The van der Waals surface area contributed by atoms with Gasteiger partial charge in [-0.25, -0.2) is 13.4 Å². The summed E-state index contributed by atoms with van der Waals surface area (Å²) in [5.74, 6) is 0.702. The Kier molecular flexibility index (Phi) is 8.54. The van der Waals surface area contributed by atoms with Crippen LogP contribution in [0.3, 0.4) is 0 Å². The molecule has 0 amide bonds. The van der Waals surface area contributed by atoms with Crippen LogP contribution in [-0.2, 0) is 30.0 Å². The van der Waals surface area contributed by atoms with Crippen LogP contribution in [0.4, 0.5) is 0 Å². The highest BCUT2D eigenvalue weighted by Gasteiger charge is 2.10. The molecule has 1 heterocycles. The molecule has 1 aromatic carbocycles. The number of aliphatic imine (C=N–C) groups is 1. The molecule has 144 valence electrons. The molecule has 0 aliphatic rings. The lowest BCUT2D eigenvalue weighted by atomic mass is 10.1. The molecule has 0 spiro atoms. The largest absolute Gasteiger partial charge is 0.357 e. The topological polar surface area (TPSA) is 88.4 Å². The van der Waals surface area contributed by atoms with Crippen LogP contribution in [0.15, 0.2) is 40.4 Å². The molecular weight excluding hydrogens is 465 g/mol. The van der Waals surface area contributed by atoms with Gasteiger partial charge >= 0.3 is 0 Å². The third kappa shape index (κ3) is 6.27. The van der Waals surface area contributed by atoms with Gasteiger partial charge in [0.15, 0.2) is 15.8 Å². The molecule has 0 fully saturated rings. The van der Waals surface area contributed by atoms with Crippen molar-refractivity contribution in [1.29, 1.82) is 0 Å². The van der Waals surface area contributed by atoms with Gasteiger partial charge in [-0.05, 0) is 37.1 Å². The predicted octanol–water partition coefficient (Wildman–Crippen LogP) is 2.01. The minimum Gasteiger partial charge on any atom is -0.357 e. The second kappa shape index (κ2) is 9.91. The van der Waals surface area contributed by atoms with Crippen molar-refractivity contribution < 1.29 is 8.42 Å². The molecule has 0 saturated carbocycles. The second-order valence-corrected chi connectivity index (χ2v) is 7.85. The van der Waals surface area contributed by atoms with Gasteiger partial charge in [-0.2, -0.15) is 5.10 Å². The zero-order valence-electron chi connectivity index (χ0n) is 15.5. The standard InChI is InChI=1S/C17H25N5O2S.HI/c1-5-18-17(20-12-15-8-9-21-22(15)3)19-11-14-6-7-16(13(2)10-14)25(4,23)24;/h6-10H,5,11-12H2,1-4H3,(H2,18,19,20);1H. The highest BCUT2D eigenvalue weighted by molar-refractivity contribution is 14.0. The minimum absolute atomic E-state index is 0. The molecule has 2 rings (SSSR count). The summed E-state index contributed by atoms with van der Waals surface area (Å²) in [6.45, 7) is 5.64. The van der Waals surface area contributed by atoms with E-state index in [1.54, 1.807) is 25.3 Å². The number of aromatic nitrogens is 2. The van der Waals surface area contributed by atoms with Crippen molar-refractivity contribution in [3.05, 3.63) is 47.3 Å². The van der Waals surface area contributed by atoms with Crippen LogP contribution in [0, 0.1) is 6.92 Å². The molecule has 2 N–H and O–H groups in total. The predicted molar refractivity (Wildman–Crippen MR) is 115 cm³/mol. The fraction of sp³-hybridized carbons (Fsp3) is 0.412. The molecule has 0 bridgehead atoms. The van der Waals surface area contributed by atoms with Crippen LogP contribution < -0.4 is 10.6 Å². The van der Waals surface area contributed by atoms with Crippen LogP contribution >= 0.6 is 24.0 Å². The molecule has 2 aromatic rings. The number of hydrogen-bond acceptors (Lipinski definition) is 4. The van der Waals surface area contributed by atoms with Gasteiger partial charge in [0.05, 0.1) is 23.7 Å². The quantitative estimate of drug-likeness (QED) is 0.367. The maximum atomic E-state index is 11.7. The minimum atomic E-state index is -3.20. The lowest BCUT2D eigenvalue weighted by molar-refractivity contribution is 0.601. The van der Waals surface area contributed by atoms with E-state index in [1.165, 1.54) is 6.26 Å². The third-order valence-electron chi connectivity index (χ3n) is 3.76. The third-order valence-corrected chi connectivity index (χ3v) is 5.02. The van der Waals surface area contributed by atoms with Crippen molar-refractivity contribution in [3.63, 3.8) is 0 Å². The Labute approximate surface area is 172 Å². The zero-order valence-corrected chi connectivity index (χ0v) is 18.6. The lowest BCUT2D eigenvalue weighted by Crippen LogP contribution is -2.37. The summed E-state index contributed by atoms with van der Waals surface area (Å²) in [6.07, 6.45) is 2.98. The number of rotatable bonds is 6.